The fraction of sp³-hybridized carbons (Fsp3) is 0.429. The maximum absolute atomic E-state index is 12.0. The molecular weight excluding hydrogens is 442 g/mol. The third kappa shape index (κ3) is 4.41. The van der Waals surface area contributed by atoms with E-state index in [1.165, 1.54) is 5.56 Å². The number of hydrogen-bond acceptors (Lipinski definition) is 6. The molecule has 0 radical (unpaired) electrons. The third-order valence-corrected chi connectivity index (χ3v) is 7.44. The average Bonchev–Trinajstić information content (AvgIpc) is 2.87. The molecule has 4 heterocycles. The Hall–Kier alpha value is -3.32. The highest BCUT2D eigenvalue weighted by atomic mass is 16.6. The second-order valence-corrected chi connectivity index (χ2v) is 9.95. The van der Waals surface area contributed by atoms with Crippen LogP contribution >= 0.6 is 0 Å². The monoisotopic (exact) mass is 473 g/mol. The number of nitrogens with zero attached hydrogens (tertiary/aromatic N) is 3. The number of likely N-dealkylation sites (tertiary alicyclic amines) is 1. The molecule has 0 unspecified atom stereocenters. The second-order valence-electron chi connectivity index (χ2n) is 9.95. The van der Waals surface area contributed by atoms with Crippen molar-refractivity contribution in [2.45, 2.75) is 32.3 Å². The van der Waals surface area contributed by atoms with Crippen LogP contribution in [0.25, 0.3) is 10.9 Å². The Kier molecular flexibility index (Phi) is 5.72. The van der Waals surface area contributed by atoms with Crippen molar-refractivity contribution in [3.63, 3.8) is 0 Å². The van der Waals surface area contributed by atoms with Gasteiger partial charge in [-0.3, -0.25) is 14.7 Å². The van der Waals surface area contributed by atoms with E-state index in [4.69, 9.17) is 14.2 Å². The van der Waals surface area contributed by atoms with Gasteiger partial charge >= 0.3 is 0 Å². The Morgan fingerprint density at radius 3 is 2.71 bits per heavy atom. The van der Waals surface area contributed by atoms with Gasteiger partial charge in [-0.2, -0.15) is 0 Å². The normalized spacial score (nSPS) is 20.6. The summed E-state index contributed by atoms with van der Waals surface area (Å²) in [6.07, 6.45) is 3.34. The lowest BCUT2D eigenvalue weighted by Crippen LogP contribution is -2.44. The summed E-state index contributed by atoms with van der Waals surface area (Å²) in [5, 5.41) is 1.01. The summed E-state index contributed by atoms with van der Waals surface area (Å²) in [6.45, 7) is 5.67. The van der Waals surface area contributed by atoms with Crippen LogP contribution in [0.1, 0.15) is 24.1 Å². The van der Waals surface area contributed by atoms with Crippen LogP contribution in [0.3, 0.4) is 0 Å². The van der Waals surface area contributed by atoms with Gasteiger partial charge in [-0.05, 0) is 87.2 Å². The van der Waals surface area contributed by atoms with Gasteiger partial charge in [-0.25, -0.2) is 0 Å². The molecule has 0 saturated carbocycles. The molecular formula is C28H31N3O4. The molecule has 7 nitrogen and oxygen atoms in total. The van der Waals surface area contributed by atoms with E-state index in [1.54, 1.807) is 4.90 Å². The quantitative estimate of drug-likeness (QED) is 0.571. The number of carbonyl (C=O) groups is 1. The molecule has 1 amide bonds. The van der Waals surface area contributed by atoms with E-state index >= 15 is 0 Å². The minimum Gasteiger partial charge on any atom is -0.486 e. The predicted molar refractivity (Wildman–Crippen MR) is 135 cm³/mol. The lowest BCUT2D eigenvalue weighted by Gasteiger charge is -2.36. The number of amides is 1. The Morgan fingerprint density at radius 1 is 1.03 bits per heavy atom. The summed E-state index contributed by atoms with van der Waals surface area (Å²) in [6, 6.07) is 14.3. The first-order valence-electron chi connectivity index (χ1n) is 12.5. The van der Waals surface area contributed by atoms with Crippen LogP contribution in [-0.2, 0) is 11.2 Å². The molecule has 1 saturated heterocycles. The van der Waals surface area contributed by atoms with Crippen LogP contribution in [0.4, 0.5) is 5.69 Å². The molecule has 3 aromatic rings. The number of rotatable bonds is 4. The van der Waals surface area contributed by atoms with E-state index < -0.39 is 0 Å². The summed E-state index contributed by atoms with van der Waals surface area (Å²) in [5.41, 5.74) is 4.09. The predicted octanol–water partition coefficient (Wildman–Crippen LogP) is 3.99. The lowest BCUT2D eigenvalue weighted by atomic mass is 9.89. The van der Waals surface area contributed by atoms with E-state index in [0.29, 0.717) is 12.5 Å². The first-order chi connectivity index (χ1) is 17.0. The summed E-state index contributed by atoms with van der Waals surface area (Å²) in [5.74, 6) is 3.05. The Bertz CT molecular complexity index is 1270. The molecule has 3 aliphatic rings. The third-order valence-electron chi connectivity index (χ3n) is 7.44. The minimum absolute atomic E-state index is 0.00105. The van der Waals surface area contributed by atoms with Crippen molar-refractivity contribution in [1.82, 2.24) is 9.88 Å². The molecule has 0 spiro atoms. The van der Waals surface area contributed by atoms with E-state index in [1.807, 2.05) is 38.2 Å². The van der Waals surface area contributed by atoms with E-state index in [2.05, 4.69) is 28.1 Å². The molecule has 3 aliphatic heterocycles. The number of carbonyl (C=O) groups excluding carboxylic acids is 1. The highest BCUT2D eigenvalue weighted by molar-refractivity contribution is 5.97. The number of anilines is 1. The van der Waals surface area contributed by atoms with Gasteiger partial charge < -0.3 is 19.1 Å². The highest BCUT2D eigenvalue weighted by Crippen LogP contribution is 2.39. The molecule has 1 fully saturated rings. The fourth-order valence-corrected chi connectivity index (χ4v) is 5.41. The van der Waals surface area contributed by atoms with Gasteiger partial charge in [0.15, 0.2) is 18.1 Å². The molecule has 182 valence electrons. The van der Waals surface area contributed by atoms with Crippen molar-refractivity contribution < 1.29 is 19.0 Å². The maximum Gasteiger partial charge on any atom is 0.264 e. The molecule has 1 aromatic heterocycles. The summed E-state index contributed by atoms with van der Waals surface area (Å²) in [4.78, 5) is 20.8. The van der Waals surface area contributed by atoms with Gasteiger partial charge in [0, 0.05) is 24.7 Å². The van der Waals surface area contributed by atoms with Crippen molar-refractivity contribution >= 4 is 22.5 Å². The number of fused-ring (bicyclic) bond motifs is 4. The molecule has 1 atom stereocenters. The minimum atomic E-state index is -0.00105. The molecule has 2 aromatic carbocycles. The first-order valence-corrected chi connectivity index (χ1v) is 12.5. The van der Waals surface area contributed by atoms with Crippen LogP contribution < -0.4 is 19.1 Å². The zero-order valence-electron chi connectivity index (χ0n) is 20.3. The van der Waals surface area contributed by atoms with Crippen molar-refractivity contribution in [1.29, 1.82) is 0 Å². The van der Waals surface area contributed by atoms with E-state index in [-0.39, 0.29) is 18.6 Å². The smallest absolute Gasteiger partial charge is 0.264 e. The van der Waals surface area contributed by atoms with Crippen molar-refractivity contribution in [2.24, 2.45) is 5.92 Å². The van der Waals surface area contributed by atoms with Crippen LogP contribution in [0.2, 0.25) is 0 Å². The molecule has 0 bridgehead atoms. The van der Waals surface area contributed by atoms with Gasteiger partial charge in [0.1, 0.15) is 18.5 Å². The number of likely N-dealkylation sites (N-methyl/N-ethyl adjacent to an activating group) is 1. The summed E-state index contributed by atoms with van der Waals surface area (Å²) < 4.78 is 18.1. The maximum atomic E-state index is 12.0. The summed E-state index contributed by atoms with van der Waals surface area (Å²) >= 11 is 0. The van der Waals surface area contributed by atoms with Crippen molar-refractivity contribution in [3.8, 4) is 17.2 Å². The van der Waals surface area contributed by atoms with Gasteiger partial charge in [-0.1, -0.05) is 6.07 Å². The second kappa shape index (κ2) is 9.04. The van der Waals surface area contributed by atoms with E-state index in [0.717, 1.165) is 78.4 Å². The first kappa shape index (κ1) is 22.2. The number of piperidine rings is 1. The molecule has 35 heavy (non-hydrogen) atoms. The largest absolute Gasteiger partial charge is 0.486 e. The average molecular weight is 474 g/mol. The van der Waals surface area contributed by atoms with Crippen LogP contribution in [0.15, 0.2) is 42.5 Å². The Balaban J connectivity index is 1.05. The van der Waals surface area contributed by atoms with Crippen LogP contribution in [-0.4, -0.2) is 61.8 Å². The van der Waals surface area contributed by atoms with Gasteiger partial charge in [0.05, 0.1) is 11.2 Å². The zero-order chi connectivity index (χ0) is 23.9. The standard InChI is InChI=1S/C28H31N3O4/c1-18-3-5-22-23(29-18)6-8-26-28(22)35-21(16-33-26)15-31-11-9-19(10-12-31)13-20-4-7-25-24(14-20)30(2)27(32)17-34-25/h3-8,14,19,21H,9-13,15-17H2,1-2H3/t21-/m0/s1. The van der Waals surface area contributed by atoms with E-state index in [9.17, 15) is 4.79 Å². The Morgan fingerprint density at radius 2 is 1.86 bits per heavy atom. The van der Waals surface area contributed by atoms with Crippen LogP contribution in [0.5, 0.6) is 17.2 Å². The molecule has 0 aliphatic carbocycles. The van der Waals surface area contributed by atoms with Crippen LogP contribution in [0, 0.1) is 12.8 Å². The zero-order valence-corrected chi connectivity index (χ0v) is 20.3. The number of pyridine rings is 1. The highest BCUT2D eigenvalue weighted by Gasteiger charge is 2.28. The number of aryl methyl sites for hydroxylation is 1. The molecule has 7 heteroatoms. The molecule has 0 N–H and O–H groups in total. The number of benzene rings is 2. The number of ether oxygens (including phenoxy) is 3. The van der Waals surface area contributed by atoms with Gasteiger partial charge in [-0.15, -0.1) is 0 Å². The Labute approximate surface area is 205 Å². The van der Waals surface area contributed by atoms with Gasteiger partial charge in [0.25, 0.3) is 5.91 Å². The number of aromatic nitrogens is 1. The summed E-state index contributed by atoms with van der Waals surface area (Å²) in [7, 11) is 1.82. The lowest BCUT2D eigenvalue weighted by molar-refractivity contribution is -0.120. The SMILES string of the molecule is Cc1ccc2c3c(ccc2n1)OC[C@H](CN1CCC(Cc2ccc4c(c2)N(C)C(=O)CO4)CC1)O3. The topological polar surface area (TPSA) is 64.1 Å². The fourth-order valence-electron chi connectivity index (χ4n) is 5.41. The number of hydrogen-bond donors (Lipinski definition) is 0. The molecule has 6 rings (SSSR count). The van der Waals surface area contributed by atoms with Crippen molar-refractivity contribution in [3.05, 3.63) is 53.7 Å². The van der Waals surface area contributed by atoms with Gasteiger partial charge in [0.2, 0.25) is 0 Å². The van der Waals surface area contributed by atoms with Crippen molar-refractivity contribution in [2.75, 3.05) is 44.8 Å².